The van der Waals surface area contributed by atoms with Gasteiger partial charge in [-0.25, -0.2) is 13.8 Å². The lowest BCUT2D eigenvalue weighted by Gasteiger charge is -2.10. The number of imidazole rings is 1. The number of rotatable bonds is 3. The van der Waals surface area contributed by atoms with Crippen molar-refractivity contribution >= 4 is 22.6 Å². The van der Waals surface area contributed by atoms with Crippen LogP contribution in [0.4, 0.5) is 14.5 Å². The van der Waals surface area contributed by atoms with E-state index < -0.39 is 17.7 Å². The molecule has 2 aromatic carbocycles. The molecular formula is C18H15F2N3O2. The SMILES string of the molecule is O=C(Nc1ccc2nc(-c3cc(F)ccc3F)[nH]c2c1)[C@@H]1CCCO1. The Kier molecular flexibility index (Phi) is 3.93. The number of halogens is 2. The van der Waals surface area contributed by atoms with Crippen LogP contribution in [0.1, 0.15) is 12.8 Å². The zero-order chi connectivity index (χ0) is 17.4. The van der Waals surface area contributed by atoms with Crippen molar-refractivity contribution in [2.75, 3.05) is 11.9 Å². The highest BCUT2D eigenvalue weighted by Crippen LogP contribution is 2.26. The molecule has 5 nitrogen and oxygen atoms in total. The van der Waals surface area contributed by atoms with E-state index in [1.807, 2.05) is 0 Å². The predicted octanol–water partition coefficient (Wildman–Crippen LogP) is 3.63. The fraction of sp³-hybridized carbons (Fsp3) is 0.222. The molecule has 4 rings (SSSR count). The van der Waals surface area contributed by atoms with Crippen LogP contribution in [0.25, 0.3) is 22.4 Å². The number of ether oxygens (including phenoxy) is 1. The summed E-state index contributed by atoms with van der Waals surface area (Å²) in [5.74, 6) is -1.06. The summed E-state index contributed by atoms with van der Waals surface area (Å²) in [6.45, 7) is 0.597. The molecule has 2 N–H and O–H groups in total. The van der Waals surface area contributed by atoms with Crippen LogP contribution in [0.3, 0.4) is 0 Å². The average Bonchev–Trinajstić information content (AvgIpc) is 3.26. The highest BCUT2D eigenvalue weighted by atomic mass is 19.1. The van der Waals surface area contributed by atoms with Gasteiger partial charge in [-0.15, -0.1) is 0 Å². The minimum absolute atomic E-state index is 0.0566. The van der Waals surface area contributed by atoms with Crippen LogP contribution in [0.2, 0.25) is 0 Å². The molecule has 7 heteroatoms. The molecule has 0 radical (unpaired) electrons. The number of carbonyl (C=O) groups excluding carboxylic acids is 1. The molecule has 1 atom stereocenters. The van der Waals surface area contributed by atoms with E-state index in [0.29, 0.717) is 29.7 Å². The molecule has 128 valence electrons. The molecule has 1 aliphatic heterocycles. The van der Waals surface area contributed by atoms with E-state index in [9.17, 15) is 13.6 Å². The van der Waals surface area contributed by atoms with Crippen LogP contribution in [0.5, 0.6) is 0 Å². The molecule has 1 aromatic heterocycles. The average molecular weight is 343 g/mol. The van der Waals surface area contributed by atoms with Crippen LogP contribution in [-0.2, 0) is 9.53 Å². The molecule has 0 bridgehead atoms. The van der Waals surface area contributed by atoms with Crippen LogP contribution in [0, 0.1) is 11.6 Å². The first-order valence-corrected chi connectivity index (χ1v) is 7.98. The molecular weight excluding hydrogens is 328 g/mol. The topological polar surface area (TPSA) is 67.0 Å². The summed E-state index contributed by atoms with van der Waals surface area (Å²) < 4.78 is 32.6. The molecule has 1 saturated heterocycles. The smallest absolute Gasteiger partial charge is 0.253 e. The fourth-order valence-corrected chi connectivity index (χ4v) is 2.90. The first-order valence-electron chi connectivity index (χ1n) is 7.98. The van der Waals surface area contributed by atoms with Crippen molar-refractivity contribution in [1.82, 2.24) is 9.97 Å². The molecule has 0 spiro atoms. The highest BCUT2D eigenvalue weighted by Gasteiger charge is 2.23. The number of amides is 1. The minimum Gasteiger partial charge on any atom is -0.368 e. The number of hydrogen-bond donors (Lipinski definition) is 2. The van der Waals surface area contributed by atoms with E-state index >= 15 is 0 Å². The molecule has 0 unspecified atom stereocenters. The van der Waals surface area contributed by atoms with Crippen LogP contribution < -0.4 is 5.32 Å². The Hall–Kier alpha value is -2.80. The molecule has 1 aliphatic rings. The summed E-state index contributed by atoms with van der Waals surface area (Å²) in [7, 11) is 0. The van der Waals surface area contributed by atoms with Crippen molar-refractivity contribution in [1.29, 1.82) is 0 Å². The third-order valence-corrected chi connectivity index (χ3v) is 4.16. The van der Waals surface area contributed by atoms with Gasteiger partial charge in [-0.2, -0.15) is 0 Å². The maximum atomic E-state index is 13.9. The quantitative estimate of drug-likeness (QED) is 0.763. The van der Waals surface area contributed by atoms with Gasteiger partial charge < -0.3 is 15.0 Å². The third-order valence-electron chi connectivity index (χ3n) is 4.16. The molecule has 0 saturated carbocycles. The monoisotopic (exact) mass is 343 g/mol. The summed E-state index contributed by atoms with van der Waals surface area (Å²) >= 11 is 0. The second kappa shape index (κ2) is 6.25. The first-order chi connectivity index (χ1) is 12.1. The highest BCUT2D eigenvalue weighted by molar-refractivity contribution is 5.96. The van der Waals surface area contributed by atoms with Gasteiger partial charge in [0.1, 0.15) is 23.6 Å². The number of nitrogens with one attached hydrogen (secondary N) is 2. The van der Waals surface area contributed by atoms with E-state index in [1.54, 1.807) is 18.2 Å². The Morgan fingerprint density at radius 1 is 1.24 bits per heavy atom. The van der Waals surface area contributed by atoms with Gasteiger partial charge in [-0.05, 0) is 49.2 Å². The number of benzene rings is 2. The van der Waals surface area contributed by atoms with E-state index in [2.05, 4.69) is 15.3 Å². The lowest BCUT2D eigenvalue weighted by atomic mass is 10.2. The number of anilines is 1. The lowest BCUT2D eigenvalue weighted by molar-refractivity contribution is -0.124. The summed E-state index contributed by atoms with van der Waals surface area (Å²) in [5.41, 5.74) is 1.85. The van der Waals surface area contributed by atoms with Gasteiger partial charge in [0.15, 0.2) is 0 Å². The van der Waals surface area contributed by atoms with Crippen molar-refractivity contribution in [2.45, 2.75) is 18.9 Å². The summed E-state index contributed by atoms with van der Waals surface area (Å²) in [5, 5.41) is 2.80. The van der Waals surface area contributed by atoms with Gasteiger partial charge in [0.05, 0.1) is 16.6 Å². The Morgan fingerprint density at radius 2 is 2.12 bits per heavy atom. The van der Waals surface area contributed by atoms with Crippen molar-refractivity contribution in [3.05, 3.63) is 48.0 Å². The van der Waals surface area contributed by atoms with Crippen molar-refractivity contribution in [2.24, 2.45) is 0 Å². The summed E-state index contributed by atoms with van der Waals surface area (Å²) in [6.07, 6.45) is 1.16. The number of carbonyl (C=O) groups is 1. The minimum atomic E-state index is -0.563. The number of fused-ring (bicyclic) bond motifs is 1. The van der Waals surface area contributed by atoms with Crippen molar-refractivity contribution < 1.29 is 18.3 Å². The molecule has 2 heterocycles. The summed E-state index contributed by atoms with van der Waals surface area (Å²) in [6, 6.07) is 8.33. The number of hydrogen-bond acceptors (Lipinski definition) is 3. The first kappa shape index (κ1) is 15.7. The molecule has 0 aliphatic carbocycles. The molecule has 25 heavy (non-hydrogen) atoms. The second-order valence-corrected chi connectivity index (χ2v) is 5.93. The number of nitrogens with zero attached hydrogens (tertiary/aromatic N) is 1. The van der Waals surface area contributed by atoms with Gasteiger partial charge in [0.2, 0.25) is 0 Å². The van der Waals surface area contributed by atoms with E-state index in [-0.39, 0.29) is 17.3 Å². The normalized spacial score (nSPS) is 17.1. The second-order valence-electron chi connectivity index (χ2n) is 5.93. The zero-order valence-electron chi connectivity index (χ0n) is 13.2. The Labute approximate surface area is 142 Å². The maximum Gasteiger partial charge on any atom is 0.253 e. The lowest BCUT2D eigenvalue weighted by Crippen LogP contribution is -2.26. The van der Waals surface area contributed by atoms with E-state index in [0.717, 1.165) is 24.6 Å². The van der Waals surface area contributed by atoms with Gasteiger partial charge >= 0.3 is 0 Å². The third kappa shape index (κ3) is 3.10. The van der Waals surface area contributed by atoms with Gasteiger partial charge in [-0.3, -0.25) is 4.79 Å². The Morgan fingerprint density at radius 3 is 2.92 bits per heavy atom. The number of aromatic nitrogens is 2. The van der Waals surface area contributed by atoms with Gasteiger partial charge in [-0.1, -0.05) is 0 Å². The van der Waals surface area contributed by atoms with E-state index in [4.69, 9.17) is 4.74 Å². The molecule has 1 fully saturated rings. The molecule has 3 aromatic rings. The largest absolute Gasteiger partial charge is 0.368 e. The standard InChI is InChI=1S/C18H15F2N3O2/c19-10-3-5-13(20)12(8-10)17-22-14-6-4-11(9-15(14)23-17)21-18(24)16-2-1-7-25-16/h3-6,8-9,16H,1-2,7H2,(H,21,24)(H,22,23)/t16-/m0/s1. The number of aromatic amines is 1. The van der Waals surface area contributed by atoms with E-state index in [1.165, 1.54) is 0 Å². The fourth-order valence-electron chi connectivity index (χ4n) is 2.90. The number of H-pyrrole nitrogens is 1. The van der Waals surface area contributed by atoms with Crippen LogP contribution in [-0.4, -0.2) is 28.6 Å². The van der Waals surface area contributed by atoms with Crippen molar-refractivity contribution in [3.8, 4) is 11.4 Å². The van der Waals surface area contributed by atoms with Crippen molar-refractivity contribution in [3.63, 3.8) is 0 Å². The zero-order valence-corrected chi connectivity index (χ0v) is 13.2. The maximum absolute atomic E-state index is 13.9. The van der Waals surface area contributed by atoms with Gasteiger partial charge in [0.25, 0.3) is 5.91 Å². The summed E-state index contributed by atoms with van der Waals surface area (Å²) in [4.78, 5) is 19.4. The molecule has 1 amide bonds. The van der Waals surface area contributed by atoms with Crippen LogP contribution in [0.15, 0.2) is 36.4 Å². The van der Waals surface area contributed by atoms with Gasteiger partial charge in [0, 0.05) is 12.3 Å². The van der Waals surface area contributed by atoms with Crippen LogP contribution >= 0.6 is 0 Å². The Balaban J connectivity index is 1.63. The Bertz CT molecular complexity index is 949. The predicted molar refractivity (Wildman–Crippen MR) is 89.0 cm³/mol.